The Morgan fingerprint density at radius 3 is 2.71 bits per heavy atom. The van der Waals surface area contributed by atoms with Gasteiger partial charge in [-0.2, -0.15) is 4.31 Å². The van der Waals surface area contributed by atoms with Crippen LogP contribution in [0.2, 0.25) is 0 Å². The quantitative estimate of drug-likeness (QED) is 0.542. The second-order valence-electron chi connectivity index (χ2n) is 5.43. The number of thioether (sulfide) groups is 1. The summed E-state index contributed by atoms with van der Waals surface area (Å²) < 4.78 is 31.4. The number of sulfonamides is 1. The summed E-state index contributed by atoms with van der Waals surface area (Å²) in [4.78, 5) is 16.0. The summed E-state index contributed by atoms with van der Waals surface area (Å²) >= 11 is 1.27. The molecule has 0 atom stereocenters. The summed E-state index contributed by atoms with van der Waals surface area (Å²) in [6, 6.07) is 3.20. The molecule has 7 nitrogen and oxygen atoms in total. The largest absolute Gasteiger partial charge is 0.383 e. The van der Waals surface area contributed by atoms with Gasteiger partial charge in [-0.3, -0.25) is 4.79 Å². The molecule has 24 heavy (non-hydrogen) atoms. The number of carbonyl (C=O) groups excluding carboxylic acids is 1. The van der Waals surface area contributed by atoms with E-state index in [1.165, 1.54) is 22.3 Å². The Kier molecular flexibility index (Phi) is 7.47. The second-order valence-corrected chi connectivity index (χ2v) is 8.36. The topological polar surface area (TPSA) is 88.6 Å². The molecule has 1 aliphatic rings. The van der Waals surface area contributed by atoms with Crippen molar-refractivity contribution in [3.8, 4) is 0 Å². The first-order valence-electron chi connectivity index (χ1n) is 7.88. The van der Waals surface area contributed by atoms with Crippen molar-refractivity contribution in [3.63, 3.8) is 0 Å². The van der Waals surface area contributed by atoms with Crippen LogP contribution < -0.4 is 5.32 Å². The summed E-state index contributed by atoms with van der Waals surface area (Å²) in [5.41, 5.74) is 0. The molecule has 0 spiro atoms. The lowest BCUT2D eigenvalue weighted by Gasteiger charge is -2.25. The van der Waals surface area contributed by atoms with Crippen molar-refractivity contribution in [1.82, 2.24) is 14.6 Å². The first-order valence-corrected chi connectivity index (χ1v) is 10.3. The van der Waals surface area contributed by atoms with Crippen LogP contribution in [-0.4, -0.2) is 62.7 Å². The zero-order chi connectivity index (χ0) is 17.4. The lowest BCUT2D eigenvalue weighted by molar-refractivity contribution is -0.118. The molecule has 0 aromatic carbocycles. The molecule has 1 amide bonds. The molecule has 0 saturated carbocycles. The fraction of sp³-hybridized carbons (Fsp3) is 0.600. The van der Waals surface area contributed by atoms with E-state index in [1.807, 2.05) is 0 Å². The highest BCUT2D eigenvalue weighted by atomic mass is 32.2. The number of nitrogens with zero attached hydrogens (tertiary/aromatic N) is 2. The summed E-state index contributed by atoms with van der Waals surface area (Å²) in [7, 11) is -1.88. The van der Waals surface area contributed by atoms with Crippen LogP contribution in [0, 0.1) is 0 Å². The number of nitrogens with one attached hydrogen (secondary N) is 1. The van der Waals surface area contributed by atoms with Crippen molar-refractivity contribution in [2.45, 2.75) is 29.2 Å². The van der Waals surface area contributed by atoms with E-state index in [2.05, 4.69) is 10.3 Å². The maximum Gasteiger partial charge on any atom is 0.244 e. The summed E-state index contributed by atoms with van der Waals surface area (Å²) in [5, 5.41) is 3.34. The predicted molar refractivity (Wildman–Crippen MR) is 92.5 cm³/mol. The van der Waals surface area contributed by atoms with Gasteiger partial charge in [0.2, 0.25) is 15.9 Å². The molecule has 0 aliphatic carbocycles. The molecule has 0 radical (unpaired) electrons. The van der Waals surface area contributed by atoms with Gasteiger partial charge in [-0.1, -0.05) is 18.2 Å². The fourth-order valence-corrected chi connectivity index (χ4v) is 4.48. The Morgan fingerprint density at radius 2 is 2.08 bits per heavy atom. The van der Waals surface area contributed by atoms with Crippen LogP contribution in [-0.2, 0) is 19.6 Å². The van der Waals surface area contributed by atoms with Crippen LogP contribution >= 0.6 is 11.8 Å². The number of carbonyl (C=O) groups is 1. The van der Waals surface area contributed by atoms with Crippen LogP contribution in [0.4, 0.5) is 0 Å². The molecule has 1 aliphatic heterocycles. The van der Waals surface area contributed by atoms with Gasteiger partial charge in [0.25, 0.3) is 0 Å². The molecule has 0 unspecified atom stereocenters. The average Bonchev–Trinajstić information content (AvgIpc) is 2.61. The number of hydrogen-bond acceptors (Lipinski definition) is 6. The highest BCUT2D eigenvalue weighted by molar-refractivity contribution is 7.99. The Bertz CT molecular complexity index is 629. The highest BCUT2D eigenvalue weighted by Gasteiger charge is 2.26. The second kappa shape index (κ2) is 9.36. The predicted octanol–water partition coefficient (Wildman–Crippen LogP) is 1.11. The van der Waals surface area contributed by atoms with Gasteiger partial charge in [0.15, 0.2) is 0 Å². The number of piperidine rings is 1. The molecule has 9 heteroatoms. The minimum Gasteiger partial charge on any atom is -0.383 e. The minimum absolute atomic E-state index is 0.108. The summed E-state index contributed by atoms with van der Waals surface area (Å²) in [6.45, 7) is 2.08. The van der Waals surface area contributed by atoms with E-state index in [-0.39, 0.29) is 16.6 Å². The maximum absolute atomic E-state index is 12.5. The van der Waals surface area contributed by atoms with Gasteiger partial charge in [-0.25, -0.2) is 13.4 Å². The van der Waals surface area contributed by atoms with E-state index >= 15 is 0 Å². The van der Waals surface area contributed by atoms with Gasteiger partial charge in [0.05, 0.1) is 17.4 Å². The highest BCUT2D eigenvalue weighted by Crippen LogP contribution is 2.22. The van der Waals surface area contributed by atoms with Crippen molar-refractivity contribution in [3.05, 3.63) is 18.3 Å². The third kappa shape index (κ3) is 5.44. The van der Waals surface area contributed by atoms with Crippen molar-refractivity contribution in [1.29, 1.82) is 0 Å². The third-order valence-corrected chi connectivity index (χ3v) is 6.47. The van der Waals surface area contributed by atoms with Crippen LogP contribution in [0.5, 0.6) is 0 Å². The molecule has 134 valence electrons. The number of amides is 1. The molecule has 1 aromatic heterocycles. The van der Waals surface area contributed by atoms with E-state index in [1.54, 1.807) is 19.2 Å². The van der Waals surface area contributed by atoms with Crippen molar-refractivity contribution >= 4 is 27.7 Å². The molecular formula is C15H23N3O4S2. The number of aromatic nitrogens is 1. The first-order chi connectivity index (χ1) is 11.5. The van der Waals surface area contributed by atoms with Crippen molar-refractivity contribution < 1.29 is 17.9 Å². The van der Waals surface area contributed by atoms with Crippen LogP contribution in [0.25, 0.3) is 0 Å². The maximum atomic E-state index is 12.5. The molecule has 1 N–H and O–H groups in total. The zero-order valence-electron chi connectivity index (χ0n) is 13.7. The van der Waals surface area contributed by atoms with Crippen molar-refractivity contribution in [2.24, 2.45) is 0 Å². The number of hydrogen-bond donors (Lipinski definition) is 1. The number of methoxy groups -OCH3 is 1. The SMILES string of the molecule is COCCNC(=O)CSc1ccc(S(=O)(=O)N2CCCCC2)cn1. The van der Waals surface area contributed by atoms with Gasteiger partial charge >= 0.3 is 0 Å². The number of pyridine rings is 1. The zero-order valence-corrected chi connectivity index (χ0v) is 15.4. The first kappa shape index (κ1) is 19.2. The van der Waals surface area contributed by atoms with E-state index in [0.717, 1.165) is 19.3 Å². The van der Waals surface area contributed by atoms with Crippen molar-refractivity contribution in [2.75, 3.05) is 39.1 Å². The lowest BCUT2D eigenvalue weighted by atomic mass is 10.2. The Hall–Kier alpha value is -1.16. The van der Waals surface area contributed by atoms with Gasteiger partial charge in [0, 0.05) is 32.9 Å². The summed E-state index contributed by atoms with van der Waals surface area (Å²) in [5.74, 6) is 0.124. The molecule has 1 fully saturated rings. The molecular weight excluding hydrogens is 350 g/mol. The van der Waals surface area contributed by atoms with Crippen LogP contribution in [0.1, 0.15) is 19.3 Å². The molecule has 1 aromatic rings. The molecule has 2 heterocycles. The van der Waals surface area contributed by atoms with Crippen LogP contribution in [0.15, 0.2) is 28.3 Å². The summed E-state index contributed by atoms with van der Waals surface area (Å²) in [6.07, 6.45) is 4.25. The average molecular weight is 374 g/mol. The van der Waals surface area contributed by atoms with Gasteiger partial charge in [-0.05, 0) is 25.0 Å². The molecule has 1 saturated heterocycles. The smallest absolute Gasteiger partial charge is 0.244 e. The molecule has 2 rings (SSSR count). The normalized spacial score (nSPS) is 16.0. The van der Waals surface area contributed by atoms with Crippen LogP contribution in [0.3, 0.4) is 0 Å². The lowest BCUT2D eigenvalue weighted by Crippen LogP contribution is -2.35. The monoisotopic (exact) mass is 373 g/mol. The minimum atomic E-state index is -3.46. The third-order valence-electron chi connectivity index (χ3n) is 3.64. The van der Waals surface area contributed by atoms with E-state index in [9.17, 15) is 13.2 Å². The number of rotatable bonds is 8. The Labute approximate surface area is 147 Å². The fourth-order valence-electron chi connectivity index (χ4n) is 2.34. The molecule has 0 bridgehead atoms. The van der Waals surface area contributed by atoms with Gasteiger partial charge < -0.3 is 10.1 Å². The van der Waals surface area contributed by atoms with E-state index in [4.69, 9.17) is 4.74 Å². The van der Waals surface area contributed by atoms with Gasteiger partial charge in [0.1, 0.15) is 4.90 Å². The van der Waals surface area contributed by atoms with E-state index in [0.29, 0.717) is 31.3 Å². The van der Waals surface area contributed by atoms with E-state index < -0.39 is 10.0 Å². The van der Waals surface area contributed by atoms with Gasteiger partial charge in [-0.15, -0.1) is 0 Å². The Morgan fingerprint density at radius 1 is 1.33 bits per heavy atom. The number of ether oxygens (including phenoxy) is 1. The standard InChI is InChI=1S/C15H23N3O4S2/c1-22-10-7-16-14(19)12-23-15-6-5-13(11-17-15)24(20,21)18-8-3-2-4-9-18/h5-6,11H,2-4,7-10,12H2,1H3,(H,16,19). The Balaban J connectivity index is 1.89.